The minimum atomic E-state index is -0.665. The summed E-state index contributed by atoms with van der Waals surface area (Å²) in [4.78, 5) is 16.4. The van der Waals surface area contributed by atoms with Gasteiger partial charge >= 0.3 is 0 Å². The van der Waals surface area contributed by atoms with Crippen LogP contribution < -0.4 is 5.32 Å². The first-order chi connectivity index (χ1) is 10.1. The van der Waals surface area contributed by atoms with Crippen molar-refractivity contribution in [2.45, 2.75) is 0 Å². The van der Waals surface area contributed by atoms with E-state index in [2.05, 4.69) is 26.2 Å². The maximum absolute atomic E-state index is 13.7. The third-order valence-corrected chi connectivity index (χ3v) is 4.67. The maximum Gasteiger partial charge on any atom is 0.261 e. The fraction of sp³-hybridized carbons (Fsp3) is 0. The number of carbonyl (C=O) groups excluding carboxylic acids is 1. The molecule has 0 spiro atoms. The van der Waals surface area contributed by atoms with Gasteiger partial charge in [0.15, 0.2) is 5.13 Å². The number of hydrogen-bond acceptors (Lipinski definition) is 3. The number of carbonyl (C=O) groups is 1. The molecule has 0 aliphatic carbocycles. The van der Waals surface area contributed by atoms with E-state index < -0.39 is 11.7 Å². The SMILES string of the molecule is O=C(Nc1nc2c(Br)cccc2s1)c1c(F)cccc1Cl. The lowest BCUT2D eigenvalue weighted by Gasteiger charge is -2.04. The highest BCUT2D eigenvalue weighted by molar-refractivity contribution is 9.10. The molecule has 0 aliphatic heterocycles. The molecule has 1 N–H and O–H groups in total. The second-order valence-corrected chi connectivity index (χ2v) is 6.45. The molecule has 7 heteroatoms. The average molecular weight is 386 g/mol. The van der Waals surface area contributed by atoms with Crippen LogP contribution in [0, 0.1) is 5.82 Å². The predicted octanol–water partition coefficient (Wildman–Crippen LogP) is 5.10. The largest absolute Gasteiger partial charge is 0.298 e. The van der Waals surface area contributed by atoms with Crippen molar-refractivity contribution < 1.29 is 9.18 Å². The van der Waals surface area contributed by atoms with Crippen molar-refractivity contribution in [3.63, 3.8) is 0 Å². The number of amides is 1. The first-order valence-corrected chi connectivity index (χ1v) is 7.85. The second-order valence-electron chi connectivity index (χ2n) is 4.16. The van der Waals surface area contributed by atoms with Gasteiger partial charge in [-0.25, -0.2) is 9.37 Å². The predicted molar refractivity (Wildman–Crippen MR) is 86.7 cm³/mol. The Bertz CT molecular complexity index is 832. The highest BCUT2D eigenvalue weighted by Crippen LogP contribution is 2.31. The van der Waals surface area contributed by atoms with Crippen LogP contribution >= 0.6 is 38.9 Å². The summed E-state index contributed by atoms with van der Waals surface area (Å²) in [6.45, 7) is 0. The maximum atomic E-state index is 13.7. The number of fused-ring (bicyclic) bond motifs is 1. The summed E-state index contributed by atoms with van der Waals surface area (Å²) in [5.41, 5.74) is 0.565. The van der Waals surface area contributed by atoms with Gasteiger partial charge in [-0.15, -0.1) is 0 Å². The number of nitrogens with zero attached hydrogens (tertiary/aromatic N) is 1. The van der Waals surface area contributed by atoms with E-state index in [9.17, 15) is 9.18 Å². The number of anilines is 1. The molecular weight excluding hydrogens is 379 g/mol. The number of thiazole rings is 1. The molecule has 2 aromatic carbocycles. The van der Waals surface area contributed by atoms with E-state index in [1.54, 1.807) is 0 Å². The van der Waals surface area contributed by atoms with Crippen LogP contribution in [-0.2, 0) is 0 Å². The summed E-state index contributed by atoms with van der Waals surface area (Å²) in [7, 11) is 0. The van der Waals surface area contributed by atoms with E-state index in [0.717, 1.165) is 14.7 Å². The van der Waals surface area contributed by atoms with Crippen LogP contribution in [0.4, 0.5) is 9.52 Å². The van der Waals surface area contributed by atoms with E-state index >= 15 is 0 Å². The fourth-order valence-electron chi connectivity index (χ4n) is 1.84. The van der Waals surface area contributed by atoms with Crippen molar-refractivity contribution in [1.82, 2.24) is 4.98 Å². The standard InChI is InChI=1S/C14H7BrClFN2OS/c15-7-3-1-6-10-12(7)18-14(21-10)19-13(20)11-8(16)4-2-5-9(11)17/h1-6H,(H,18,19,20). The molecule has 1 heterocycles. The number of rotatable bonds is 2. The van der Waals surface area contributed by atoms with Crippen molar-refractivity contribution in [3.8, 4) is 0 Å². The minimum Gasteiger partial charge on any atom is -0.298 e. The smallest absolute Gasteiger partial charge is 0.261 e. The minimum absolute atomic E-state index is 0.0646. The number of hydrogen-bond donors (Lipinski definition) is 1. The summed E-state index contributed by atoms with van der Waals surface area (Å²) in [5, 5.41) is 3.03. The monoisotopic (exact) mass is 384 g/mol. The van der Waals surface area contributed by atoms with Gasteiger partial charge in [0.1, 0.15) is 5.82 Å². The lowest BCUT2D eigenvalue weighted by atomic mass is 10.2. The Morgan fingerprint density at radius 2 is 2.05 bits per heavy atom. The average Bonchev–Trinajstić information content (AvgIpc) is 2.82. The Kier molecular flexibility index (Phi) is 3.93. The van der Waals surface area contributed by atoms with Crippen LogP contribution in [0.25, 0.3) is 10.2 Å². The molecule has 3 nitrogen and oxygen atoms in total. The molecule has 106 valence electrons. The van der Waals surface area contributed by atoms with Crippen LogP contribution in [0.15, 0.2) is 40.9 Å². The highest BCUT2D eigenvalue weighted by atomic mass is 79.9. The summed E-state index contributed by atoms with van der Waals surface area (Å²) in [6.07, 6.45) is 0. The van der Waals surface area contributed by atoms with Crippen molar-refractivity contribution in [2.75, 3.05) is 5.32 Å². The number of nitrogens with one attached hydrogen (secondary N) is 1. The van der Waals surface area contributed by atoms with Crippen molar-refractivity contribution in [2.24, 2.45) is 0 Å². The van der Waals surface area contributed by atoms with Crippen LogP contribution in [0.3, 0.4) is 0 Å². The summed E-state index contributed by atoms with van der Waals surface area (Å²) >= 11 is 10.6. The van der Waals surface area contributed by atoms with Gasteiger partial charge in [0.25, 0.3) is 5.91 Å². The number of para-hydroxylation sites is 1. The second kappa shape index (κ2) is 5.71. The molecular formula is C14H7BrClFN2OS. The topological polar surface area (TPSA) is 42.0 Å². The normalized spacial score (nSPS) is 10.8. The molecule has 0 saturated carbocycles. The molecule has 0 fully saturated rings. The van der Waals surface area contributed by atoms with Gasteiger partial charge in [0.05, 0.1) is 20.8 Å². The van der Waals surface area contributed by atoms with E-state index in [1.165, 1.54) is 29.5 Å². The van der Waals surface area contributed by atoms with E-state index in [0.29, 0.717) is 5.13 Å². The summed E-state index contributed by atoms with van der Waals surface area (Å²) < 4.78 is 15.5. The van der Waals surface area contributed by atoms with E-state index in [-0.39, 0.29) is 10.6 Å². The molecule has 0 bridgehead atoms. The van der Waals surface area contributed by atoms with Crippen LogP contribution in [-0.4, -0.2) is 10.9 Å². The molecule has 0 unspecified atom stereocenters. The van der Waals surface area contributed by atoms with Crippen LogP contribution in [0.5, 0.6) is 0 Å². The Labute approximate surface area is 136 Å². The van der Waals surface area contributed by atoms with Gasteiger partial charge in [-0.3, -0.25) is 10.1 Å². The van der Waals surface area contributed by atoms with Gasteiger partial charge < -0.3 is 0 Å². The highest BCUT2D eigenvalue weighted by Gasteiger charge is 2.17. The van der Waals surface area contributed by atoms with Gasteiger partial charge in [0.2, 0.25) is 0 Å². The molecule has 0 radical (unpaired) electrons. The summed E-state index contributed by atoms with van der Waals surface area (Å²) in [6, 6.07) is 9.74. The number of aromatic nitrogens is 1. The first kappa shape index (κ1) is 14.4. The molecule has 3 aromatic rings. The van der Waals surface area contributed by atoms with Gasteiger partial charge in [-0.1, -0.05) is 35.1 Å². The third kappa shape index (κ3) is 2.79. The van der Waals surface area contributed by atoms with Crippen LogP contribution in [0.2, 0.25) is 5.02 Å². The third-order valence-electron chi connectivity index (χ3n) is 2.78. The Morgan fingerprint density at radius 1 is 1.29 bits per heavy atom. The zero-order chi connectivity index (χ0) is 15.0. The molecule has 21 heavy (non-hydrogen) atoms. The molecule has 1 aromatic heterocycles. The lowest BCUT2D eigenvalue weighted by molar-refractivity contribution is 0.102. The lowest BCUT2D eigenvalue weighted by Crippen LogP contribution is -2.14. The van der Waals surface area contributed by atoms with Crippen LogP contribution in [0.1, 0.15) is 10.4 Å². The molecule has 1 amide bonds. The van der Waals surface area contributed by atoms with Crippen molar-refractivity contribution in [3.05, 3.63) is 57.3 Å². The fourth-order valence-corrected chi connectivity index (χ4v) is 3.57. The quantitative estimate of drug-likeness (QED) is 0.666. The van der Waals surface area contributed by atoms with Crippen molar-refractivity contribution >= 4 is 60.1 Å². The van der Waals surface area contributed by atoms with Gasteiger partial charge in [-0.05, 0) is 40.2 Å². The summed E-state index contributed by atoms with van der Waals surface area (Å²) in [5.74, 6) is -1.28. The Morgan fingerprint density at radius 3 is 2.76 bits per heavy atom. The van der Waals surface area contributed by atoms with Gasteiger partial charge in [-0.2, -0.15) is 0 Å². The van der Waals surface area contributed by atoms with E-state index in [1.807, 2.05) is 18.2 Å². The first-order valence-electron chi connectivity index (χ1n) is 5.86. The van der Waals surface area contributed by atoms with Crippen molar-refractivity contribution in [1.29, 1.82) is 0 Å². The van der Waals surface area contributed by atoms with E-state index in [4.69, 9.17) is 11.6 Å². The Hall–Kier alpha value is -1.50. The molecule has 3 rings (SSSR count). The zero-order valence-corrected chi connectivity index (χ0v) is 13.5. The number of halogens is 3. The molecule has 0 saturated heterocycles. The number of benzene rings is 2. The zero-order valence-electron chi connectivity index (χ0n) is 10.4. The molecule has 0 atom stereocenters. The van der Waals surface area contributed by atoms with Gasteiger partial charge in [0, 0.05) is 4.47 Å². The Balaban J connectivity index is 1.95. The molecule has 0 aliphatic rings.